The lowest BCUT2D eigenvalue weighted by atomic mass is 9.99. The number of nitrogens with one attached hydrogen (secondary N) is 1. The summed E-state index contributed by atoms with van der Waals surface area (Å²) in [6.45, 7) is 5.59. The molecule has 1 saturated heterocycles. The topological polar surface area (TPSA) is 32.3 Å². The molecule has 0 saturated carbocycles. The highest BCUT2D eigenvalue weighted by Gasteiger charge is 2.24. The number of carbonyl (C=O) groups excluding carboxylic acids is 1. The Morgan fingerprint density at radius 1 is 1.29 bits per heavy atom. The van der Waals surface area contributed by atoms with Crippen molar-refractivity contribution in [1.82, 2.24) is 10.2 Å². The monoisotopic (exact) mass is 232 g/mol. The van der Waals surface area contributed by atoms with E-state index in [9.17, 15) is 4.79 Å². The first-order valence-electron chi connectivity index (χ1n) is 6.10. The van der Waals surface area contributed by atoms with Crippen LogP contribution in [0.3, 0.4) is 0 Å². The van der Waals surface area contributed by atoms with Gasteiger partial charge in [0.2, 0.25) is 5.91 Å². The zero-order chi connectivity index (χ0) is 12.4. The highest BCUT2D eigenvalue weighted by atomic mass is 16.2. The number of amides is 1. The Labute approximate surface area is 103 Å². The summed E-state index contributed by atoms with van der Waals surface area (Å²) >= 11 is 0. The number of likely N-dealkylation sites (N-methyl/N-ethyl adjacent to an activating group) is 1. The van der Waals surface area contributed by atoms with Crippen molar-refractivity contribution in [1.29, 1.82) is 0 Å². The maximum Gasteiger partial charge on any atom is 0.236 e. The predicted molar refractivity (Wildman–Crippen MR) is 69.0 cm³/mol. The molecule has 0 radical (unpaired) electrons. The van der Waals surface area contributed by atoms with E-state index < -0.39 is 0 Å². The quantitative estimate of drug-likeness (QED) is 0.833. The summed E-state index contributed by atoms with van der Waals surface area (Å²) in [5.41, 5.74) is 3.89. The summed E-state index contributed by atoms with van der Waals surface area (Å²) in [6.07, 6.45) is 0.928. The first kappa shape index (κ1) is 12.1. The van der Waals surface area contributed by atoms with E-state index in [1.165, 1.54) is 16.7 Å². The molecule has 1 aliphatic rings. The van der Waals surface area contributed by atoms with E-state index in [1.54, 1.807) is 0 Å². The van der Waals surface area contributed by atoms with Crippen molar-refractivity contribution in [2.24, 2.45) is 0 Å². The van der Waals surface area contributed by atoms with Gasteiger partial charge in [0.05, 0.1) is 6.54 Å². The number of aryl methyl sites for hydroxylation is 2. The summed E-state index contributed by atoms with van der Waals surface area (Å²) < 4.78 is 0. The molecule has 3 nitrogen and oxygen atoms in total. The van der Waals surface area contributed by atoms with Gasteiger partial charge in [-0.2, -0.15) is 0 Å². The third-order valence-electron chi connectivity index (χ3n) is 3.35. The maximum absolute atomic E-state index is 11.6. The molecular formula is C14H20N2O. The van der Waals surface area contributed by atoms with Gasteiger partial charge in [-0.05, 0) is 25.8 Å². The molecule has 1 atom stereocenters. The second-order valence-corrected chi connectivity index (χ2v) is 4.99. The molecule has 0 bridgehead atoms. The van der Waals surface area contributed by atoms with Gasteiger partial charge in [0, 0.05) is 19.6 Å². The van der Waals surface area contributed by atoms with Crippen LogP contribution in [-0.4, -0.2) is 37.0 Å². The average Bonchev–Trinajstić information content (AvgIpc) is 2.23. The Morgan fingerprint density at radius 3 is 2.59 bits per heavy atom. The van der Waals surface area contributed by atoms with Gasteiger partial charge in [-0.1, -0.05) is 29.3 Å². The van der Waals surface area contributed by atoms with Crippen molar-refractivity contribution in [2.45, 2.75) is 26.3 Å². The van der Waals surface area contributed by atoms with Crippen molar-refractivity contribution in [2.75, 3.05) is 20.1 Å². The van der Waals surface area contributed by atoms with Crippen molar-refractivity contribution in [3.8, 4) is 0 Å². The first-order chi connectivity index (χ1) is 8.06. The zero-order valence-corrected chi connectivity index (χ0v) is 10.8. The normalized spacial score (nSPS) is 20.8. The minimum atomic E-state index is 0.186. The molecule has 1 aromatic carbocycles. The lowest BCUT2D eigenvalue weighted by molar-refractivity contribution is -0.133. The molecule has 17 heavy (non-hydrogen) atoms. The van der Waals surface area contributed by atoms with Gasteiger partial charge in [-0.25, -0.2) is 0 Å². The highest BCUT2D eigenvalue weighted by Crippen LogP contribution is 2.14. The Morgan fingerprint density at radius 2 is 1.94 bits per heavy atom. The van der Waals surface area contributed by atoms with Gasteiger partial charge in [0.15, 0.2) is 0 Å². The minimum Gasteiger partial charge on any atom is -0.340 e. The largest absolute Gasteiger partial charge is 0.340 e. The number of rotatable bonds is 2. The van der Waals surface area contributed by atoms with E-state index in [-0.39, 0.29) is 11.9 Å². The van der Waals surface area contributed by atoms with Gasteiger partial charge in [0.25, 0.3) is 0 Å². The van der Waals surface area contributed by atoms with Crippen LogP contribution in [0.5, 0.6) is 0 Å². The van der Waals surface area contributed by atoms with E-state index >= 15 is 0 Å². The Kier molecular flexibility index (Phi) is 3.48. The van der Waals surface area contributed by atoms with Crippen LogP contribution in [0.25, 0.3) is 0 Å². The second kappa shape index (κ2) is 4.88. The summed E-state index contributed by atoms with van der Waals surface area (Å²) in [7, 11) is 1.90. The van der Waals surface area contributed by atoms with Crippen LogP contribution in [0.15, 0.2) is 18.2 Å². The minimum absolute atomic E-state index is 0.186. The average molecular weight is 232 g/mol. The zero-order valence-electron chi connectivity index (χ0n) is 10.8. The summed E-state index contributed by atoms with van der Waals surface area (Å²) in [4.78, 5) is 13.5. The summed E-state index contributed by atoms with van der Waals surface area (Å²) in [6, 6.07) is 6.87. The molecule has 1 N–H and O–H groups in total. The summed E-state index contributed by atoms with van der Waals surface area (Å²) in [5, 5.41) is 3.17. The molecule has 3 heteroatoms. The molecule has 1 heterocycles. The number of nitrogens with zero attached hydrogens (tertiary/aromatic N) is 1. The molecule has 0 aliphatic carbocycles. The van der Waals surface area contributed by atoms with Crippen LogP contribution >= 0.6 is 0 Å². The molecule has 1 fully saturated rings. The lowest BCUT2D eigenvalue weighted by Gasteiger charge is -2.33. The van der Waals surface area contributed by atoms with E-state index in [4.69, 9.17) is 0 Å². The van der Waals surface area contributed by atoms with Crippen molar-refractivity contribution >= 4 is 5.91 Å². The van der Waals surface area contributed by atoms with Crippen LogP contribution in [0.2, 0.25) is 0 Å². The van der Waals surface area contributed by atoms with Gasteiger partial charge in [-0.3, -0.25) is 4.79 Å². The number of hydrogen-bond donors (Lipinski definition) is 1. The Balaban J connectivity index is 2.11. The predicted octanol–water partition coefficient (Wildman–Crippen LogP) is 1.28. The summed E-state index contributed by atoms with van der Waals surface area (Å²) in [5.74, 6) is 0.186. The molecule has 1 amide bonds. The highest BCUT2D eigenvalue weighted by molar-refractivity contribution is 5.79. The molecule has 1 aliphatic heterocycles. The fourth-order valence-corrected chi connectivity index (χ4v) is 2.48. The van der Waals surface area contributed by atoms with E-state index in [2.05, 4.69) is 37.4 Å². The van der Waals surface area contributed by atoms with Crippen LogP contribution in [0.1, 0.15) is 16.7 Å². The number of benzene rings is 1. The lowest BCUT2D eigenvalue weighted by Crippen LogP contribution is -2.53. The van der Waals surface area contributed by atoms with Crippen molar-refractivity contribution in [3.63, 3.8) is 0 Å². The molecule has 0 spiro atoms. The molecule has 92 valence electrons. The van der Waals surface area contributed by atoms with Crippen LogP contribution < -0.4 is 5.32 Å². The SMILES string of the molecule is Cc1cc(C)cc(CC2CNCC(=O)N2C)c1. The smallest absolute Gasteiger partial charge is 0.236 e. The number of hydrogen-bond acceptors (Lipinski definition) is 2. The van der Waals surface area contributed by atoms with Gasteiger partial charge < -0.3 is 10.2 Å². The maximum atomic E-state index is 11.6. The third-order valence-corrected chi connectivity index (χ3v) is 3.35. The van der Waals surface area contributed by atoms with Crippen LogP contribution in [0, 0.1) is 13.8 Å². The standard InChI is InChI=1S/C14H20N2O/c1-10-4-11(2)6-12(5-10)7-13-8-15-9-14(17)16(13)3/h4-6,13,15H,7-9H2,1-3H3. The van der Waals surface area contributed by atoms with E-state index in [1.807, 2.05) is 11.9 Å². The third kappa shape index (κ3) is 2.86. The Bertz CT molecular complexity index is 408. The van der Waals surface area contributed by atoms with E-state index in [0.29, 0.717) is 6.54 Å². The Hall–Kier alpha value is -1.35. The first-order valence-corrected chi connectivity index (χ1v) is 6.10. The molecule has 0 aromatic heterocycles. The van der Waals surface area contributed by atoms with E-state index in [0.717, 1.165) is 13.0 Å². The van der Waals surface area contributed by atoms with Gasteiger partial charge >= 0.3 is 0 Å². The van der Waals surface area contributed by atoms with Gasteiger partial charge in [-0.15, -0.1) is 0 Å². The second-order valence-electron chi connectivity index (χ2n) is 4.99. The number of carbonyl (C=O) groups is 1. The number of piperazine rings is 1. The molecule has 1 aromatic rings. The van der Waals surface area contributed by atoms with Crippen LogP contribution in [0.4, 0.5) is 0 Å². The fraction of sp³-hybridized carbons (Fsp3) is 0.500. The van der Waals surface area contributed by atoms with Crippen molar-refractivity contribution in [3.05, 3.63) is 34.9 Å². The molecular weight excluding hydrogens is 212 g/mol. The molecule has 2 rings (SSSR count). The van der Waals surface area contributed by atoms with Crippen molar-refractivity contribution < 1.29 is 4.79 Å². The fourth-order valence-electron chi connectivity index (χ4n) is 2.48. The molecule has 1 unspecified atom stereocenters. The van der Waals surface area contributed by atoms with Crippen LogP contribution in [-0.2, 0) is 11.2 Å². The van der Waals surface area contributed by atoms with Gasteiger partial charge in [0.1, 0.15) is 0 Å².